The average Bonchev–Trinajstić information content (AvgIpc) is 3.17. The van der Waals surface area contributed by atoms with Gasteiger partial charge in [0.25, 0.3) is 0 Å². The van der Waals surface area contributed by atoms with Crippen LogP contribution in [-0.2, 0) is 22.6 Å². The topological polar surface area (TPSA) is 67.2 Å². The van der Waals surface area contributed by atoms with Crippen molar-refractivity contribution >= 4 is 17.5 Å². The second kappa shape index (κ2) is 6.35. The molecule has 25 heavy (non-hydrogen) atoms. The van der Waals surface area contributed by atoms with Gasteiger partial charge in [0.1, 0.15) is 5.82 Å². The largest absolute Gasteiger partial charge is 0.351 e. The van der Waals surface area contributed by atoms with Gasteiger partial charge < -0.3 is 14.8 Å². The molecule has 0 spiro atoms. The summed E-state index contributed by atoms with van der Waals surface area (Å²) in [4.78, 5) is 31.1. The second-order valence-electron chi connectivity index (χ2n) is 6.94. The molecule has 130 valence electrons. The van der Waals surface area contributed by atoms with Crippen LogP contribution in [-0.4, -0.2) is 34.0 Å². The zero-order valence-corrected chi connectivity index (χ0v) is 14.3. The van der Waals surface area contributed by atoms with Crippen molar-refractivity contribution in [2.24, 2.45) is 5.92 Å². The molecule has 0 unspecified atom stereocenters. The van der Waals surface area contributed by atoms with Gasteiger partial charge in [-0.1, -0.05) is 18.2 Å². The quantitative estimate of drug-likeness (QED) is 0.926. The van der Waals surface area contributed by atoms with E-state index in [0.29, 0.717) is 6.54 Å². The number of nitrogens with one attached hydrogen (secondary N) is 1. The van der Waals surface area contributed by atoms with Crippen LogP contribution in [0.1, 0.15) is 24.4 Å². The number of para-hydroxylation sites is 1. The molecule has 0 saturated carbocycles. The lowest BCUT2D eigenvalue weighted by Crippen LogP contribution is -2.44. The molecule has 6 heteroatoms. The Morgan fingerprint density at radius 3 is 2.84 bits per heavy atom. The highest BCUT2D eigenvalue weighted by Crippen LogP contribution is 2.25. The third-order valence-electron chi connectivity index (χ3n) is 5.02. The van der Waals surface area contributed by atoms with Crippen molar-refractivity contribution < 1.29 is 9.59 Å². The van der Waals surface area contributed by atoms with Crippen LogP contribution in [0.4, 0.5) is 5.69 Å². The predicted octanol–water partition coefficient (Wildman–Crippen LogP) is 1.68. The van der Waals surface area contributed by atoms with Crippen molar-refractivity contribution in [2.75, 3.05) is 11.4 Å². The van der Waals surface area contributed by atoms with Gasteiger partial charge in [-0.05, 0) is 25.5 Å². The maximum Gasteiger partial charge on any atom is 0.227 e. The Balaban J connectivity index is 1.38. The zero-order chi connectivity index (χ0) is 17.4. The smallest absolute Gasteiger partial charge is 0.227 e. The predicted molar refractivity (Wildman–Crippen MR) is 94.1 cm³/mol. The first-order valence-electron chi connectivity index (χ1n) is 8.78. The molecule has 2 aliphatic heterocycles. The maximum absolute atomic E-state index is 12.6. The summed E-state index contributed by atoms with van der Waals surface area (Å²) in [5.74, 6) is 0.813. The fourth-order valence-electron chi connectivity index (χ4n) is 3.76. The molecule has 0 aliphatic carbocycles. The van der Waals surface area contributed by atoms with E-state index in [1.165, 1.54) is 0 Å². The summed E-state index contributed by atoms with van der Waals surface area (Å²) < 4.78 is 2.12. The lowest BCUT2D eigenvalue weighted by Gasteiger charge is -2.26. The molecule has 1 aromatic carbocycles. The third-order valence-corrected chi connectivity index (χ3v) is 5.02. The molecular weight excluding hydrogens is 316 g/mol. The van der Waals surface area contributed by atoms with Crippen molar-refractivity contribution in [3.8, 4) is 0 Å². The van der Waals surface area contributed by atoms with Crippen LogP contribution in [0, 0.1) is 12.8 Å². The summed E-state index contributed by atoms with van der Waals surface area (Å²) in [5, 5.41) is 3.14. The maximum atomic E-state index is 12.6. The van der Waals surface area contributed by atoms with E-state index in [1.807, 2.05) is 43.5 Å². The van der Waals surface area contributed by atoms with Crippen LogP contribution in [0.15, 0.2) is 36.5 Å². The van der Waals surface area contributed by atoms with Crippen LogP contribution < -0.4 is 10.2 Å². The fourth-order valence-corrected chi connectivity index (χ4v) is 3.76. The van der Waals surface area contributed by atoms with Crippen LogP contribution in [0.25, 0.3) is 0 Å². The number of amides is 2. The van der Waals surface area contributed by atoms with Gasteiger partial charge in [-0.3, -0.25) is 9.59 Å². The highest BCUT2D eigenvalue weighted by Gasteiger charge is 2.36. The average molecular weight is 338 g/mol. The Hall–Kier alpha value is -2.63. The van der Waals surface area contributed by atoms with Crippen molar-refractivity contribution in [3.05, 3.63) is 48.0 Å². The van der Waals surface area contributed by atoms with E-state index < -0.39 is 0 Å². The van der Waals surface area contributed by atoms with Crippen molar-refractivity contribution in [1.82, 2.24) is 14.9 Å². The highest BCUT2D eigenvalue weighted by atomic mass is 16.2. The first-order chi connectivity index (χ1) is 12.1. The summed E-state index contributed by atoms with van der Waals surface area (Å²) in [5.41, 5.74) is 1.88. The van der Waals surface area contributed by atoms with Crippen molar-refractivity contribution in [2.45, 2.75) is 38.8 Å². The summed E-state index contributed by atoms with van der Waals surface area (Å²) in [6.07, 6.45) is 4.08. The summed E-state index contributed by atoms with van der Waals surface area (Å²) in [6.45, 7) is 3.20. The zero-order valence-electron chi connectivity index (χ0n) is 14.3. The molecule has 1 saturated heterocycles. The molecule has 1 N–H and O–H groups in total. The monoisotopic (exact) mass is 338 g/mol. The van der Waals surface area contributed by atoms with Gasteiger partial charge in [0.2, 0.25) is 11.8 Å². The van der Waals surface area contributed by atoms with Gasteiger partial charge in [0.15, 0.2) is 0 Å². The van der Waals surface area contributed by atoms with Crippen LogP contribution >= 0.6 is 0 Å². The Bertz CT molecular complexity index is 799. The van der Waals surface area contributed by atoms with Gasteiger partial charge in [0, 0.05) is 43.9 Å². The molecule has 0 bridgehead atoms. The SMILES string of the molecule is Cc1cn2c(n1)CC[C@@H](NC(=O)[C@H]1CC(=O)N(c3ccccc3)C1)C2. The van der Waals surface area contributed by atoms with Crippen molar-refractivity contribution in [3.63, 3.8) is 0 Å². The number of rotatable bonds is 3. The molecule has 2 atom stereocenters. The van der Waals surface area contributed by atoms with Crippen LogP contribution in [0.3, 0.4) is 0 Å². The molecule has 2 aromatic rings. The van der Waals surface area contributed by atoms with E-state index in [2.05, 4.69) is 14.9 Å². The number of benzene rings is 1. The van der Waals surface area contributed by atoms with E-state index in [1.54, 1.807) is 4.90 Å². The lowest BCUT2D eigenvalue weighted by atomic mass is 10.0. The lowest BCUT2D eigenvalue weighted by molar-refractivity contribution is -0.127. The molecular formula is C19H22N4O2. The number of carbonyl (C=O) groups is 2. The summed E-state index contributed by atoms with van der Waals surface area (Å²) >= 11 is 0. The van der Waals surface area contributed by atoms with E-state index in [-0.39, 0.29) is 30.2 Å². The molecule has 3 heterocycles. The van der Waals surface area contributed by atoms with E-state index in [9.17, 15) is 9.59 Å². The molecule has 0 radical (unpaired) electrons. The molecule has 2 aliphatic rings. The van der Waals surface area contributed by atoms with Crippen LogP contribution in [0.5, 0.6) is 0 Å². The molecule has 6 nitrogen and oxygen atoms in total. The minimum absolute atomic E-state index is 0.0162. The normalized spacial score (nSPS) is 22.8. The Kier molecular flexibility index (Phi) is 4.03. The Morgan fingerprint density at radius 1 is 1.24 bits per heavy atom. The fraction of sp³-hybridized carbons (Fsp3) is 0.421. The van der Waals surface area contributed by atoms with E-state index >= 15 is 0 Å². The first-order valence-corrected chi connectivity index (χ1v) is 8.78. The number of aromatic nitrogens is 2. The van der Waals surface area contributed by atoms with Gasteiger partial charge in [-0.2, -0.15) is 0 Å². The number of anilines is 1. The first kappa shape index (κ1) is 15.9. The highest BCUT2D eigenvalue weighted by molar-refractivity contribution is 6.00. The van der Waals surface area contributed by atoms with E-state index in [0.717, 1.165) is 36.6 Å². The second-order valence-corrected chi connectivity index (χ2v) is 6.94. The van der Waals surface area contributed by atoms with Gasteiger partial charge in [0.05, 0.1) is 11.6 Å². The van der Waals surface area contributed by atoms with Crippen molar-refractivity contribution in [1.29, 1.82) is 0 Å². The molecule has 1 aromatic heterocycles. The minimum atomic E-state index is -0.279. The number of nitrogens with zero attached hydrogens (tertiary/aromatic N) is 3. The molecule has 1 fully saturated rings. The minimum Gasteiger partial charge on any atom is -0.351 e. The summed E-state index contributed by atoms with van der Waals surface area (Å²) in [6, 6.07) is 9.65. The Morgan fingerprint density at radius 2 is 2.04 bits per heavy atom. The van der Waals surface area contributed by atoms with Crippen LogP contribution in [0.2, 0.25) is 0 Å². The van der Waals surface area contributed by atoms with Gasteiger partial charge in [-0.15, -0.1) is 0 Å². The Labute approximate surface area is 146 Å². The number of fused-ring (bicyclic) bond motifs is 1. The third kappa shape index (κ3) is 3.16. The summed E-state index contributed by atoms with van der Waals surface area (Å²) in [7, 11) is 0. The number of aryl methyl sites for hydroxylation is 2. The number of imidazole rings is 1. The van der Waals surface area contributed by atoms with Gasteiger partial charge in [-0.25, -0.2) is 4.98 Å². The van der Waals surface area contributed by atoms with Gasteiger partial charge >= 0.3 is 0 Å². The van der Waals surface area contributed by atoms with E-state index in [4.69, 9.17) is 0 Å². The number of carbonyl (C=O) groups excluding carboxylic acids is 2. The number of hydrogen-bond acceptors (Lipinski definition) is 3. The molecule has 4 rings (SSSR count). The molecule has 2 amide bonds. The standard InChI is InChI=1S/C19H22N4O2/c1-13-10-22-12-15(7-8-17(22)20-13)21-19(25)14-9-18(24)23(11-14)16-5-3-2-4-6-16/h2-6,10,14-15H,7-9,11-12H2,1H3,(H,21,25)/t14-,15+/m0/s1. The number of hydrogen-bond donors (Lipinski definition) is 1.